The Balaban J connectivity index is 1.74. The summed E-state index contributed by atoms with van der Waals surface area (Å²) in [5.74, 6) is -0.603. The van der Waals surface area contributed by atoms with Gasteiger partial charge in [0.2, 0.25) is 5.91 Å². The molecule has 2 amide bonds. The summed E-state index contributed by atoms with van der Waals surface area (Å²) < 4.78 is 5.61. The first-order chi connectivity index (χ1) is 12.1. The molecule has 3 aromatic rings. The molecule has 5 nitrogen and oxygen atoms in total. The topological polar surface area (TPSA) is 76.5 Å². The number of hydrogen-bond acceptors (Lipinski definition) is 3. The van der Waals surface area contributed by atoms with Gasteiger partial charge >= 0.3 is 0 Å². The molecule has 126 valence electrons. The number of para-hydroxylation sites is 1. The van der Waals surface area contributed by atoms with Gasteiger partial charge in [-0.1, -0.05) is 31.2 Å². The van der Waals surface area contributed by atoms with Crippen LogP contribution in [0.3, 0.4) is 0 Å². The number of primary amides is 1. The largest absolute Gasteiger partial charge is 0.464 e. The second-order valence-electron chi connectivity index (χ2n) is 6.28. The molecule has 1 aromatic heterocycles. The molecule has 25 heavy (non-hydrogen) atoms. The first-order valence-electron chi connectivity index (χ1n) is 8.30. The summed E-state index contributed by atoms with van der Waals surface area (Å²) in [6.07, 6.45) is 2.24. The number of nitrogens with zero attached hydrogens (tertiary/aromatic N) is 1. The predicted molar refractivity (Wildman–Crippen MR) is 94.8 cm³/mol. The van der Waals surface area contributed by atoms with E-state index < -0.39 is 11.9 Å². The van der Waals surface area contributed by atoms with Gasteiger partial charge < -0.3 is 15.1 Å². The normalized spacial score (nSPS) is 14.8. The molecule has 0 fully saturated rings. The Labute approximate surface area is 145 Å². The molecule has 0 aliphatic carbocycles. The summed E-state index contributed by atoms with van der Waals surface area (Å²) >= 11 is 0. The Hall–Kier alpha value is -3.08. The number of amides is 2. The van der Waals surface area contributed by atoms with Gasteiger partial charge in [0.1, 0.15) is 11.6 Å². The monoisotopic (exact) mass is 334 g/mol. The minimum absolute atomic E-state index is 0.135. The third kappa shape index (κ3) is 2.39. The van der Waals surface area contributed by atoms with Gasteiger partial charge in [-0.05, 0) is 35.7 Å². The summed E-state index contributed by atoms with van der Waals surface area (Å²) in [6, 6.07) is 13.0. The van der Waals surface area contributed by atoms with E-state index in [1.54, 1.807) is 11.2 Å². The van der Waals surface area contributed by atoms with Gasteiger partial charge in [-0.3, -0.25) is 9.59 Å². The SMILES string of the molecule is CCC(C(N)=O)N1Cc2cc(-c3coc4ccccc34)ccc2C1=O. The first-order valence-corrected chi connectivity index (χ1v) is 8.30. The smallest absolute Gasteiger partial charge is 0.255 e. The van der Waals surface area contributed by atoms with Gasteiger partial charge in [0.15, 0.2) is 0 Å². The first kappa shape index (κ1) is 15.4. The van der Waals surface area contributed by atoms with Crippen LogP contribution in [0.15, 0.2) is 53.1 Å². The quantitative estimate of drug-likeness (QED) is 0.795. The molecule has 1 aliphatic heterocycles. The van der Waals surface area contributed by atoms with Crippen molar-refractivity contribution in [2.24, 2.45) is 5.73 Å². The van der Waals surface area contributed by atoms with E-state index in [1.807, 2.05) is 49.4 Å². The highest BCUT2D eigenvalue weighted by atomic mass is 16.3. The highest BCUT2D eigenvalue weighted by Gasteiger charge is 2.34. The summed E-state index contributed by atoms with van der Waals surface area (Å²) in [7, 11) is 0. The van der Waals surface area contributed by atoms with Crippen LogP contribution in [0.5, 0.6) is 0 Å². The van der Waals surface area contributed by atoms with E-state index in [9.17, 15) is 9.59 Å². The van der Waals surface area contributed by atoms with E-state index in [0.29, 0.717) is 18.5 Å². The van der Waals surface area contributed by atoms with Crippen LogP contribution in [-0.4, -0.2) is 22.8 Å². The summed E-state index contributed by atoms with van der Waals surface area (Å²) in [5.41, 5.74) is 9.81. The number of carbonyl (C=O) groups excluding carboxylic acids is 2. The zero-order valence-corrected chi connectivity index (χ0v) is 13.9. The highest BCUT2D eigenvalue weighted by molar-refractivity contribution is 6.02. The van der Waals surface area contributed by atoms with E-state index >= 15 is 0 Å². The molecule has 1 aliphatic rings. The fourth-order valence-electron chi connectivity index (χ4n) is 3.54. The van der Waals surface area contributed by atoms with Crippen LogP contribution < -0.4 is 5.73 Å². The lowest BCUT2D eigenvalue weighted by atomic mass is 10.00. The molecule has 5 heteroatoms. The van der Waals surface area contributed by atoms with Gasteiger partial charge in [-0.2, -0.15) is 0 Å². The Morgan fingerprint density at radius 1 is 1.24 bits per heavy atom. The minimum atomic E-state index is -0.571. The predicted octanol–water partition coefficient (Wildman–Crippen LogP) is 3.32. The fourth-order valence-corrected chi connectivity index (χ4v) is 3.54. The minimum Gasteiger partial charge on any atom is -0.464 e. The fraction of sp³-hybridized carbons (Fsp3) is 0.200. The zero-order chi connectivity index (χ0) is 17.6. The van der Waals surface area contributed by atoms with Crippen LogP contribution in [0.1, 0.15) is 29.3 Å². The number of fused-ring (bicyclic) bond motifs is 2. The van der Waals surface area contributed by atoms with E-state index in [0.717, 1.165) is 27.7 Å². The van der Waals surface area contributed by atoms with Gasteiger partial charge in [-0.25, -0.2) is 0 Å². The van der Waals surface area contributed by atoms with Gasteiger partial charge in [0.25, 0.3) is 5.91 Å². The van der Waals surface area contributed by atoms with Crippen molar-refractivity contribution in [3.8, 4) is 11.1 Å². The number of benzene rings is 2. The van der Waals surface area contributed by atoms with E-state index in [1.165, 1.54) is 0 Å². The molecule has 1 unspecified atom stereocenters. The molecular formula is C20H18N2O3. The molecule has 0 radical (unpaired) electrons. The maximum absolute atomic E-state index is 12.6. The molecule has 2 heterocycles. The molecular weight excluding hydrogens is 316 g/mol. The molecule has 2 aromatic carbocycles. The van der Waals surface area contributed by atoms with Crippen LogP contribution in [0.2, 0.25) is 0 Å². The van der Waals surface area contributed by atoms with Gasteiger partial charge in [-0.15, -0.1) is 0 Å². The van der Waals surface area contributed by atoms with Gasteiger partial charge in [0, 0.05) is 23.1 Å². The molecule has 1 atom stereocenters. The molecule has 0 bridgehead atoms. The number of rotatable bonds is 4. The lowest BCUT2D eigenvalue weighted by Gasteiger charge is -2.23. The summed E-state index contributed by atoms with van der Waals surface area (Å²) in [5, 5.41) is 1.03. The van der Waals surface area contributed by atoms with E-state index in [4.69, 9.17) is 10.2 Å². The maximum Gasteiger partial charge on any atom is 0.255 e. The lowest BCUT2D eigenvalue weighted by molar-refractivity contribution is -0.122. The number of carbonyl (C=O) groups is 2. The standard InChI is InChI=1S/C20H18N2O3/c1-2-17(19(21)23)22-10-13-9-12(7-8-14(13)20(22)24)16-11-25-18-6-4-3-5-15(16)18/h3-9,11,17H,2,10H2,1H3,(H2,21,23). The Kier molecular flexibility index (Phi) is 3.57. The van der Waals surface area contributed by atoms with Crippen molar-refractivity contribution in [3.05, 3.63) is 59.9 Å². The number of hydrogen-bond donors (Lipinski definition) is 1. The van der Waals surface area contributed by atoms with Crippen LogP contribution >= 0.6 is 0 Å². The van der Waals surface area contributed by atoms with Crippen molar-refractivity contribution < 1.29 is 14.0 Å². The second kappa shape index (κ2) is 5.77. The molecule has 4 rings (SSSR count). The Bertz CT molecular complexity index is 990. The summed E-state index contributed by atoms with van der Waals surface area (Å²) in [6.45, 7) is 2.26. The third-order valence-corrected chi connectivity index (χ3v) is 4.82. The van der Waals surface area contributed by atoms with Crippen molar-refractivity contribution in [1.82, 2.24) is 4.90 Å². The second-order valence-corrected chi connectivity index (χ2v) is 6.28. The van der Waals surface area contributed by atoms with Crippen molar-refractivity contribution in [1.29, 1.82) is 0 Å². The Morgan fingerprint density at radius 2 is 2.04 bits per heavy atom. The summed E-state index contributed by atoms with van der Waals surface area (Å²) in [4.78, 5) is 25.8. The van der Waals surface area contributed by atoms with Crippen molar-refractivity contribution >= 4 is 22.8 Å². The van der Waals surface area contributed by atoms with Crippen LogP contribution in [0, 0.1) is 0 Å². The molecule has 0 saturated heterocycles. The van der Waals surface area contributed by atoms with Gasteiger partial charge in [0.05, 0.1) is 6.26 Å². The van der Waals surface area contributed by atoms with Crippen molar-refractivity contribution in [3.63, 3.8) is 0 Å². The molecule has 0 spiro atoms. The zero-order valence-electron chi connectivity index (χ0n) is 13.9. The average Bonchev–Trinajstić information content (AvgIpc) is 3.17. The van der Waals surface area contributed by atoms with Crippen LogP contribution in [-0.2, 0) is 11.3 Å². The third-order valence-electron chi connectivity index (χ3n) is 4.82. The van der Waals surface area contributed by atoms with E-state index in [2.05, 4.69) is 0 Å². The van der Waals surface area contributed by atoms with Crippen molar-refractivity contribution in [2.45, 2.75) is 25.9 Å². The van der Waals surface area contributed by atoms with Crippen molar-refractivity contribution in [2.75, 3.05) is 0 Å². The van der Waals surface area contributed by atoms with Crippen LogP contribution in [0.4, 0.5) is 0 Å². The lowest BCUT2D eigenvalue weighted by Crippen LogP contribution is -2.44. The maximum atomic E-state index is 12.6. The van der Waals surface area contributed by atoms with Crippen LogP contribution in [0.25, 0.3) is 22.1 Å². The highest BCUT2D eigenvalue weighted by Crippen LogP contribution is 2.34. The molecule has 2 N–H and O–H groups in total. The number of nitrogens with two attached hydrogens (primary N) is 1. The average molecular weight is 334 g/mol. The molecule has 0 saturated carbocycles. The van der Waals surface area contributed by atoms with E-state index in [-0.39, 0.29) is 5.91 Å². The number of furan rings is 1. The Morgan fingerprint density at radius 3 is 2.80 bits per heavy atom.